The van der Waals surface area contributed by atoms with Crippen LogP contribution >= 0.6 is 11.8 Å². The minimum Gasteiger partial charge on any atom is -0.497 e. The van der Waals surface area contributed by atoms with Crippen molar-refractivity contribution in [2.45, 2.75) is 18.1 Å². The van der Waals surface area contributed by atoms with E-state index in [0.29, 0.717) is 16.7 Å². The fourth-order valence-corrected chi connectivity index (χ4v) is 3.23. The van der Waals surface area contributed by atoms with Crippen molar-refractivity contribution < 1.29 is 9.13 Å². The zero-order valence-electron chi connectivity index (χ0n) is 10.1. The van der Waals surface area contributed by atoms with Crippen molar-refractivity contribution in [1.29, 1.82) is 0 Å². The molecule has 0 aromatic heterocycles. The van der Waals surface area contributed by atoms with E-state index >= 15 is 0 Å². The molecule has 3 rings (SSSR count). The molecular weight excluding hydrogens is 251 g/mol. The van der Waals surface area contributed by atoms with Gasteiger partial charge in [0.2, 0.25) is 0 Å². The third kappa shape index (κ3) is 2.46. The molecule has 0 bridgehead atoms. The van der Waals surface area contributed by atoms with E-state index in [2.05, 4.69) is 10.3 Å². The Hall–Kier alpha value is -1.23. The fraction of sp³-hybridized carbons (Fsp3) is 0.462. The number of hydrogen-bond acceptors (Lipinski definition) is 4. The van der Waals surface area contributed by atoms with Gasteiger partial charge in [0.25, 0.3) is 0 Å². The molecule has 0 amide bonds. The summed E-state index contributed by atoms with van der Waals surface area (Å²) in [5, 5.41) is 4.46. The van der Waals surface area contributed by atoms with Crippen molar-refractivity contribution in [2.24, 2.45) is 10.9 Å². The lowest BCUT2D eigenvalue weighted by Gasteiger charge is -2.09. The molecule has 2 aliphatic rings. The number of anilines is 1. The van der Waals surface area contributed by atoms with Gasteiger partial charge in [-0.2, -0.15) is 0 Å². The van der Waals surface area contributed by atoms with Gasteiger partial charge in [0.1, 0.15) is 11.6 Å². The van der Waals surface area contributed by atoms with Crippen LogP contribution in [0.25, 0.3) is 0 Å². The van der Waals surface area contributed by atoms with E-state index in [0.717, 1.165) is 17.6 Å². The standard InChI is InChI=1S/C13H15FN2OS/c1-17-9-4-5-10(14)11(6-9)16-13-15-7-12(18-13)8-2-3-8/h4-6,8,12H,2-3,7H2,1H3,(H,15,16). The Morgan fingerprint density at radius 2 is 2.28 bits per heavy atom. The van der Waals surface area contributed by atoms with Crippen LogP contribution in [0.2, 0.25) is 0 Å². The van der Waals surface area contributed by atoms with Gasteiger partial charge in [-0.15, -0.1) is 0 Å². The van der Waals surface area contributed by atoms with Crippen molar-refractivity contribution in [3.63, 3.8) is 0 Å². The maximum Gasteiger partial charge on any atom is 0.161 e. The van der Waals surface area contributed by atoms with Crippen LogP contribution in [-0.4, -0.2) is 24.1 Å². The van der Waals surface area contributed by atoms with E-state index in [1.807, 2.05) is 0 Å². The first-order chi connectivity index (χ1) is 8.76. The lowest BCUT2D eigenvalue weighted by molar-refractivity contribution is 0.414. The molecule has 0 spiro atoms. The Balaban J connectivity index is 1.68. The SMILES string of the molecule is COc1ccc(F)c(NC2=NCC(C3CC3)S2)c1. The number of methoxy groups -OCH3 is 1. The average Bonchev–Trinajstić information content (AvgIpc) is 3.13. The van der Waals surface area contributed by atoms with E-state index in [1.54, 1.807) is 31.0 Å². The van der Waals surface area contributed by atoms with E-state index in [4.69, 9.17) is 4.74 Å². The number of ether oxygens (including phenoxy) is 1. The molecular formula is C13H15FN2OS. The number of nitrogens with zero attached hydrogens (tertiary/aromatic N) is 1. The zero-order chi connectivity index (χ0) is 12.5. The van der Waals surface area contributed by atoms with Crippen LogP contribution in [0.1, 0.15) is 12.8 Å². The molecule has 1 N–H and O–H groups in total. The summed E-state index contributed by atoms with van der Waals surface area (Å²) in [6, 6.07) is 4.67. The minimum atomic E-state index is -0.283. The Kier molecular flexibility index (Phi) is 3.16. The molecule has 1 atom stereocenters. The number of benzene rings is 1. The van der Waals surface area contributed by atoms with E-state index in [9.17, 15) is 4.39 Å². The quantitative estimate of drug-likeness (QED) is 0.912. The third-order valence-electron chi connectivity index (χ3n) is 3.24. The van der Waals surface area contributed by atoms with Crippen LogP contribution < -0.4 is 10.1 Å². The predicted octanol–water partition coefficient (Wildman–Crippen LogP) is 3.13. The second-order valence-corrected chi connectivity index (χ2v) is 5.84. The monoisotopic (exact) mass is 266 g/mol. The van der Waals surface area contributed by atoms with Gasteiger partial charge in [-0.05, 0) is 30.9 Å². The van der Waals surface area contributed by atoms with Crippen molar-refractivity contribution >= 4 is 22.6 Å². The number of nitrogens with one attached hydrogen (secondary N) is 1. The first-order valence-corrected chi connectivity index (χ1v) is 6.96. The van der Waals surface area contributed by atoms with Gasteiger partial charge in [-0.3, -0.25) is 4.99 Å². The molecule has 1 heterocycles. The summed E-state index contributed by atoms with van der Waals surface area (Å²) in [7, 11) is 1.57. The summed E-state index contributed by atoms with van der Waals surface area (Å²) in [6.45, 7) is 0.850. The Morgan fingerprint density at radius 3 is 3.00 bits per heavy atom. The van der Waals surface area contributed by atoms with Crippen LogP contribution in [0.15, 0.2) is 23.2 Å². The van der Waals surface area contributed by atoms with Gasteiger partial charge in [0.05, 0.1) is 19.3 Å². The molecule has 1 saturated carbocycles. The van der Waals surface area contributed by atoms with Crippen LogP contribution in [-0.2, 0) is 0 Å². The highest BCUT2D eigenvalue weighted by Crippen LogP contribution is 2.42. The van der Waals surface area contributed by atoms with Crippen LogP contribution in [0, 0.1) is 11.7 Å². The van der Waals surface area contributed by atoms with Crippen molar-refractivity contribution in [1.82, 2.24) is 0 Å². The first-order valence-electron chi connectivity index (χ1n) is 6.08. The molecule has 5 heteroatoms. The topological polar surface area (TPSA) is 33.6 Å². The molecule has 1 aliphatic heterocycles. The normalized spacial score (nSPS) is 22.8. The summed E-state index contributed by atoms with van der Waals surface area (Å²) < 4.78 is 18.7. The Morgan fingerprint density at radius 1 is 1.44 bits per heavy atom. The number of rotatable bonds is 3. The maximum absolute atomic E-state index is 13.6. The lowest BCUT2D eigenvalue weighted by Crippen LogP contribution is -2.10. The zero-order valence-corrected chi connectivity index (χ0v) is 11.0. The lowest BCUT2D eigenvalue weighted by atomic mass is 10.3. The first kappa shape index (κ1) is 11.8. The largest absolute Gasteiger partial charge is 0.497 e. The average molecular weight is 266 g/mol. The van der Waals surface area contributed by atoms with Crippen LogP contribution in [0.3, 0.4) is 0 Å². The van der Waals surface area contributed by atoms with Crippen LogP contribution in [0.5, 0.6) is 5.75 Å². The molecule has 1 aromatic rings. The molecule has 0 saturated heterocycles. The highest BCUT2D eigenvalue weighted by Gasteiger charge is 2.35. The van der Waals surface area contributed by atoms with Gasteiger partial charge >= 0.3 is 0 Å². The van der Waals surface area contributed by atoms with Crippen molar-refractivity contribution in [3.05, 3.63) is 24.0 Å². The summed E-state index contributed by atoms with van der Waals surface area (Å²) in [6.07, 6.45) is 2.63. The number of amidine groups is 1. The van der Waals surface area contributed by atoms with Crippen molar-refractivity contribution in [2.75, 3.05) is 19.0 Å². The third-order valence-corrected chi connectivity index (χ3v) is 4.53. The molecule has 96 valence electrons. The summed E-state index contributed by atoms with van der Waals surface area (Å²) in [4.78, 5) is 4.43. The second-order valence-electron chi connectivity index (χ2n) is 4.61. The molecule has 1 fully saturated rings. The molecule has 1 unspecified atom stereocenters. The summed E-state index contributed by atoms with van der Waals surface area (Å²) in [5.41, 5.74) is 0.428. The van der Waals surface area contributed by atoms with Gasteiger partial charge in [0, 0.05) is 11.3 Å². The number of halogens is 1. The highest BCUT2D eigenvalue weighted by atomic mass is 32.2. The van der Waals surface area contributed by atoms with E-state index < -0.39 is 0 Å². The summed E-state index contributed by atoms with van der Waals surface area (Å²) in [5.74, 6) is 1.17. The van der Waals surface area contributed by atoms with Crippen molar-refractivity contribution in [3.8, 4) is 5.75 Å². The molecule has 0 radical (unpaired) electrons. The smallest absolute Gasteiger partial charge is 0.161 e. The maximum atomic E-state index is 13.6. The summed E-state index contributed by atoms with van der Waals surface area (Å²) >= 11 is 1.73. The molecule has 3 nitrogen and oxygen atoms in total. The second kappa shape index (κ2) is 4.80. The number of hydrogen-bond donors (Lipinski definition) is 1. The minimum absolute atomic E-state index is 0.283. The van der Waals surface area contributed by atoms with Crippen LogP contribution in [0.4, 0.5) is 10.1 Å². The van der Waals surface area contributed by atoms with Gasteiger partial charge in [0.15, 0.2) is 5.17 Å². The predicted molar refractivity (Wildman–Crippen MR) is 73.0 cm³/mol. The Labute approximate surface area is 110 Å². The highest BCUT2D eigenvalue weighted by molar-refractivity contribution is 8.15. The Bertz CT molecular complexity index is 488. The molecule has 18 heavy (non-hydrogen) atoms. The van der Waals surface area contributed by atoms with Gasteiger partial charge < -0.3 is 10.1 Å². The fourth-order valence-electron chi connectivity index (χ4n) is 2.02. The number of thioether (sulfide) groups is 1. The molecule has 1 aromatic carbocycles. The van der Waals surface area contributed by atoms with Gasteiger partial charge in [-0.25, -0.2) is 4.39 Å². The van der Waals surface area contributed by atoms with E-state index in [1.165, 1.54) is 18.9 Å². The molecule has 1 aliphatic carbocycles. The van der Waals surface area contributed by atoms with Gasteiger partial charge in [-0.1, -0.05) is 11.8 Å². The van der Waals surface area contributed by atoms with E-state index in [-0.39, 0.29) is 5.82 Å². The number of aliphatic imine (C=N–C) groups is 1.